The van der Waals surface area contributed by atoms with E-state index in [0.29, 0.717) is 17.5 Å². The summed E-state index contributed by atoms with van der Waals surface area (Å²) in [4.78, 5) is 22.1. The van der Waals surface area contributed by atoms with E-state index < -0.39 is 4.92 Å². The van der Waals surface area contributed by atoms with Crippen LogP contribution in [0, 0.1) is 10.1 Å². The van der Waals surface area contributed by atoms with Gasteiger partial charge < -0.3 is 0 Å². The molecule has 0 aliphatic carbocycles. The molecule has 19 heavy (non-hydrogen) atoms. The zero-order valence-electron chi connectivity index (χ0n) is 10.5. The van der Waals surface area contributed by atoms with E-state index >= 15 is 0 Å². The van der Waals surface area contributed by atoms with Gasteiger partial charge in [-0.3, -0.25) is 14.9 Å². The van der Waals surface area contributed by atoms with E-state index in [0.717, 1.165) is 5.56 Å². The van der Waals surface area contributed by atoms with Crippen LogP contribution < -0.4 is 0 Å². The summed E-state index contributed by atoms with van der Waals surface area (Å²) in [7, 11) is 0. The highest BCUT2D eigenvalue weighted by Gasteiger charge is 2.15. The summed E-state index contributed by atoms with van der Waals surface area (Å²) >= 11 is 0. The Kier molecular flexibility index (Phi) is 3.71. The molecule has 0 saturated carbocycles. The van der Waals surface area contributed by atoms with Crippen molar-refractivity contribution in [2.24, 2.45) is 0 Å². The molecule has 4 nitrogen and oxygen atoms in total. The maximum Gasteiger partial charge on any atom is 0.272 e. The Hall–Kier alpha value is -2.49. The highest BCUT2D eigenvalue weighted by atomic mass is 16.6. The van der Waals surface area contributed by atoms with Gasteiger partial charge in [-0.2, -0.15) is 0 Å². The van der Waals surface area contributed by atoms with Gasteiger partial charge >= 0.3 is 0 Å². The zero-order chi connectivity index (χ0) is 13.8. The molecule has 0 atom stereocenters. The van der Waals surface area contributed by atoms with Crippen molar-refractivity contribution in [3.63, 3.8) is 0 Å². The molecule has 0 spiro atoms. The number of Topliss-reactive ketones (excluding diaryl/α,β-unsaturated/α-hetero) is 1. The number of ketones is 1. The maximum atomic E-state index is 11.5. The van der Waals surface area contributed by atoms with E-state index in [1.54, 1.807) is 30.3 Å². The normalized spacial score (nSPS) is 10.2. The minimum Gasteiger partial charge on any atom is -0.295 e. The fourth-order valence-electron chi connectivity index (χ4n) is 2.06. The highest BCUT2D eigenvalue weighted by molar-refractivity contribution is 5.95. The number of benzene rings is 2. The van der Waals surface area contributed by atoms with Gasteiger partial charge in [0.15, 0.2) is 5.78 Å². The smallest absolute Gasteiger partial charge is 0.272 e. The molecule has 0 saturated heterocycles. The molecule has 0 radical (unpaired) electrons. The first-order chi connectivity index (χ1) is 9.09. The predicted molar refractivity (Wildman–Crippen MR) is 72.3 cm³/mol. The van der Waals surface area contributed by atoms with Crippen molar-refractivity contribution in [1.29, 1.82) is 0 Å². The van der Waals surface area contributed by atoms with Crippen molar-refractivity contribution in [1.82, 2.24) is 0 Å². The molecule has 4 heteroatoms. The van der Waals surface area contributed by atoms with Crippen molar-refractivity contribution < 1.29 is 9.72 Å². The van der Waals surface area contributed by atoms with Crippen molar-refractivity contribution >= 4 is 11.5 Å². The number of rotatable bonds is 4. The topological polar surface area (TPSA) is 60.2 Å². The lowest BCUT2D eigenvalue weighted by molar-refractivity contribution is -0.385. The van der Waals surface area contributed by atoms with E-state index in [-0.39, 0.29) is 11.5 Å². The van der Waals surface area contributed by atoms with Crippen LogP contribution in [0.15, 0.2) is 48.5 Å². The largest absolute Gasteiger partial charge is 0.295 e. The van der Waals surface area contributed by atoms with Gasteiger partial charge in [0, 0.05) is 23.6 Å². The molecule has 2 aromatic rings. The van der Waals surface area contributed by atoms with E-state index in [1.165, 1.54) is 13.0 Å². The average molecular weight is 255 g/mol. The van der Waals surface area contributed by atoms with Gasteiger partial charge in [-0.1, -0.05) is 42.5 Å². The van der Waals surface area contributed by atoms with Gasteiger partial charge in [0.05, 0.1) is 4.92 Å². The van der Waals surface area contributed by atoms with Crippen LogP contribution in [0.3, 0.4) is 0 Å². The number of nitro benzene ring substituents is 1. The van der Waals surface area contributed by atoms with E-state index in [4.69, 9.17) is 0 Å². The molecule has 0 fully saturated rings. The van der Waals surface area contributed by atoms with Gasteiger partial charge in [0.2, 0.25) is 0 Å². The van der Waals surface area contributed by atoms with Crippen molar-refractivity contribution in [2.45, 2.75) is 13.3 Å². The van der Waals surface area contributed by atoms with Crippen LogP contribution in [0.1, 0.15) is 28.4 Å². The van der Waals surface area contributed by atoms with Crippen LogP contribution in [-0.2, 0) is 6.42 Å². The number of hydrogen-bond acceptors (Lipinski definition) is 3. The second-order valence-electron chi connectivity index (χ2n) is 4.28. The molecule has 0 aromatic heterocycles. The minimum absolute atomic E-state index is 0.0332. The Balaban J connectivity index is 2.42. The third kappa shape index (κ3) is 2.85. The Morgan fingerprint density at radius 2 is 1.63 bits per heavy atom. The Labute approximate surface area is 110 Å². The van der Waals surface area contributed by atoms with Gasteiger partial charge in [-0.25, -0.2) is 0 Å². The quantitative estimate of drug-likeness (QED) is 0.478. The molecule has 0 N–H and O–H groups in total. The lowest BCUT2D eigenvalue weighted by Crippen LogP contribution is -2.02. The first-order valence-electron chi connectivity index (χ1n) is 5.90. The minimum atomic E-state index is -0.397. The number of nitrogens with zero attached hydrogens (tertiary/aromatic N) is 1. The fourth-order valence-corrected chi connectivity index (χ4v) is 2.06. The SMILES string of the molecule is CC(=O)c1ccccc1Cc1ccccc1[N+](=O)[O-]. The van der Waals surface area contributed by atoms with Crippen molar-refractivity contribution in [3.8, 4) is 0 Å². The molecular formula is C15H13NO3. The maximum absolute atomic E-state index is 11.5. The van der Waals surface area contributed by atoms with Crippen LogP contribution in [0.25, 0.3) is 0 Å². The predicted octanol–water partition coefficient (Wildman–Crippen LogP) is 3.39. The molecule has 96 valence electrons. The first-order valence-corrected chi connectivity index (χ1v) is 5.90. The van der Waals surface area contributed by atoms with Gasteiger partial charge in [0.1, 0.15) is 0 Å². The fraction of sp³-hybridized carbons (Fsp3) is 0.133. The number of carbonyl (C=O) groups excluding carboxylic acids is 1. The van der Waals surface area contributed by atoms with Crippen LogP contribution in [0.4, 0.5) is 5.69 Å². The first kappa shape index (κ1) is 13.0. The Morgan fingerprint density at radius 1 is 1.05 bits per heavy atom. The molecule has 0 amide bonds. The summed E-state index contributed by atoms with van der Waals surface area (Å²) in [5.41, 5.74) is 2.12. The van der Waals surface area contributed by atoms with Crippen LogP contribution in [0.2, 0.25) is 0 Å². The molecule has 0 unspecified atom stereocenters. The molecule has 0 aliphatic rings. The van der Waals surface area contributed by atoms with Crippen LogP contribution in [-0.4, -0.2) is 10.7 Å². The number of nitro groups is 1. The zero-order valence-corrected chi connectivity index (χ0v) is 10.5. The number of hydrogen-bond donors (Lipinski definition) is 0. The molecule has 2 aromatic carbocycles. The van der Waals surface area contributed by atoms with Gasteiger partial charge in [-0.15, -0.1) is 0 Å². The van der Waals surface area contributed by atoms with E-state index in [2.05, 4.69) is 0 Å². The van der Waals surface area contributed by atoms with Crippen molar-refractivity contribution in [3.05, 3.63) is 75.3 Å². The molecule has 2 rings (SSSR count). The number of carbonyl (C=O) groups is 1. The summed E-state index contributed by atoms with van der Waals surface area (Å²) < 4.78 is 0. The summed E-state index contributed by atoms with van der Waals surface area (Å²) in [5.74, 6) is -0.0332. The monoisotopic (exact) mass is 255 g/mol. The third-order valence-corrected chi connectivity index (χ3v) is 2.97. The standard InChI is InChI=1S/C15H13NO3/c1-11(17)14-8-4-2-6-12(14)10-13-7-3-5-9-15(13)16(18)19/h2-9H,10H2,1H3. The summed E-state index contributed by atoms with van der Waals surface area (Å²) in [6.07, 6.45) is 0.382. The van der Waals surface area contributed by atoms with Crippen LogP contribution >= 0.6 is 0 Å². The second kappa shape index (κ2) is 5.44. The number of para-hydroxylation sites is 1. The summed E-state index contributed by atoms with van der Waals surface area (Å²) in [5, 5.41) is 11.0. The molecular weight excluding hydrogens is 242 g/mol. The van der Waals surface area contributed by atoms with Crippen molar-refractivity contribution in [2.75, 3.05) is 0 Å². The van der Waals surface area contributed by atoms with Gasteiger partial charge in [-0.05, 0) is 12.5 Å². The Bertz CT molecular complexity index is 579. The van der Waals surface area contributed by atoms with E-state index in [9.17, 15) is 14.9 Å². The average Bonchev–Trinajstić information content (AvgIpc) is 2.39. The third-order valence-electron chi connectivity index (χ3n) is 2.97. The van der Waals surface area contributed by atoms with E-state index in [1.807, 2.05) is 12.1 Å². The molecule has 0 heterocycles. The van der Waals surface area contributed by atoms with Crippen LogP contribution in [0.5, 0.6) is 0 Å². The molecule has 0 aliphatic heterocycles. The lowest BCUT2D eigenvalue weighted by Gasteiger charge is -2.07. The summed E-state index contributed by atoms with van der Waals surface area (Å²) in [6, 6.07) is 13.8. The van der Waals surface area contributed by atoms with Gasteiger partial charge in [0.25, 0.3) is 5.69 Å². The lowest BCUT2D eigenvalue weighted by atomic mass is 9.97. The summed E-state index contributed by atoms with van der Waals surface area (Å²) in [6.45, 7) is 1.50. The Morgan fingerprint density at radius 3 is 2.26 bits per heavy atom. The second-order valence-corrected chi connectivity index (χ2v) is 4.28. The highest BCUT2D eigenvalue weighted by Crippen LogP contribution is 2.22. The molecule has 0 bridgehead atoms.